The van der Waals surface area contributed by atoms with Crippen molar-refractivity contribution in [3.05, 3.63) is 12.4 Å². The lowest BCUT2D eigenvalue weighted by molar-refractivity contribution is 0.376. The molecule has 0 aliphatic heterocycles. The molecule has 0 radical (unpaired) electrons. The maximum Gasteiger partial charge on any atom is 0.200 e. The molecule has 0 aliphatic rings. The number of rotatable bonds is 4. The minimum absolute atomic E-state index is 0.340. The van der Waals surface area contributed by atoms with Gasteiger partial charge in [-0.1, -0.05) is 20.8 Å². The summed E-state index contributed by atoms with van der Waals surface area (Å²) in [4.78, 5) is 7.10. The minimum Gasteiger partial charge on any atom is -0.355 e. The third-order valence-corrected chi connectivity index (χ3v) is 2.19. The molecule has 0 saturated heterocycles. The topological polar surface area (TPSA) is 40.7 Å². The molecule has 0 amide bonds. The predicted octanol–water partition coefficient (Wildman–Crippen LogP) is 2.26. The molecule has 1 heterocycles. The summed E-state index contributed by atoms with van der Waals surface area (Å²) in [5, 5.41) is 3.25. The van der Waals surface area contributed by atoms with Crippen molar-refractivity contribution in [2.45, 2.75) is 27.2 Å². The van der Waals surface area contributed by atoms with Crippen LogP contribution in [0.3, 0.4) is 0 Å². The van der Waals surface area contributed by atoms with E-state index in [-0.39, 0.29) is 0 Å². The van der Waals surface area contributed by atoms with E-state index in [4.69, 9.17) is 0 Å². The van der Waals surface area contributed by atoms with Gasteiger partial charge in [0.2, 0.25) is 0 Å². The zero-order valence-electron chi connectivity index (χ0n) is 8.02. The SMILES string of the molecule is CCC(C)(C)CNc1ncc[nH]1. The van der Waals surface area contributed by atoms with Crippen molar-refractivity contribution in [1.29, 1.82) is 0 Å². The summed E-state index contributed by atoms with van der Waals surface area (Å²) in [5.74, 6) is 0.858. The smallest absolute Gasteiger partial charge is 0.200 e. The van der Waals surface area contributed by atoms with Gasteiger partial charge in [-0.05, 0) is 11.8 Å². The van der Waals surface area contributed by atoms with Gasteiger partial charge in [-0.25, -0.2) is 4.98 Å². The van der Waals surface area contributed by atoms with Crippen LogP contribution in [-0.4, -0.2) is 16.5 Å². The van der Waals surface area contributed by atoms with Gasteiger partial charge in [0.1, 0.15) is 0 Å². The Kier molecular flexibility index (Phi) is 2.74. The highest BCUT2D eigenvalue weighted by Gasteiger charge is 2.14. The number of aromatic amines is 1. The Morgan fingerprint density at radius 1 is 1.58 bits per heavy atom. The van der Waals surface area contributed by atoms with E-state index in [1.54, 1.807) is 6.20 Å². The third-order valence-electron chi connectivity index (χ3n) is 2.19. The number of nitrogens with one attached hydrogen (secondary N) is 2. The number of anilines is 1. The highest BCUT2D eigenvalue weighted by molar-refractivity contribution is 5.22. The molecule has 3 nitrogen and oxygen atoms in total. The van der Waals surface area contributed by atoms with Gasteiger partial charge in [0.25, 0.3) is 0 Å². The molecule has 68 valence electrons. The van der Waals surface area contributed by atoms with Crippen molar-refractivity contribution in [3.63, 3.8) is 0 Å². The van der Waals surface area contributed by atoms with Gasteiger partial charge < -0.3 is 10.3 Å². The first kappa shape index (κ1) is 9.10. The normalized spacial score (nSPS) is 11.6. The summed E-state index contributed by atoms with van der Waals surface area (Å²) in [6.07, 6.45) is 4.74. The number of hydrogen-bond acceptors (Lipinski definition) is 2. The fraction of sp³-hybridized carbons (Fsp3) is 0.667. The van der Waals surface area contributed by atoms with Crippen molar-refractivity contribution < 1.29 is 0 Å². The second-order valence-corrected chi connectivity index (χ2v) is 3.81. The predicted molar refractivity (Wildman–Crippen MR) is 51.1 cm³/mol. The van der Waals surface area contributed by atoms with Gasteiger partial charge in [-0.3, -0.25) is 0 Å². The zero-order chi connectivity index (χ0) is 9.03. The molecule has 0 aromatic carbocycles. The number of imidazole rings is 1. The molecular weight excluding hydrogens is 150 g/mol. The van der Waals surface area contributed by atoms with Gasteiger partial charge >= 0.3 is 0 Å². The first-order valence-corrected chi connectivity index (χ1v) is 4.37. The second-order valence-electron chi connectivity index (χ2n) is 3.81. The maximum absolute atomic E-state index is 4.09. The molecule has 0 unspecified atom stereocenters. The lowest BCUT2D eigenvalue weighted by atomic mass is 9.90. The van der Waals surface area contributed by atoms with E-state index in [1.807, 2.05) is 6.20 Å². The molecule has 12 heavy (non-hydrogen) atoms. The largest absolute Gasteiger partial charge is 0.355 e. The highest BCUT2D eigenvalue weighted by Crippen LogP contribution is 2.19. The Morgan fingerprint density at radius 3 is 2.83 bits per heavy atom. The first-order chi connectivity index (χ1) is 5.64. The molecule has 1 aromatic heterocycles. The third kappa shape index (κ3) is 2.57. The molecule has 3 heteroatoms. The van der Waals surface area contributed by atoms with E-state index in [0.717, 1.165) is 12.5 Å². The average Bonchev–Trinajstić information content (AvgIpc) is 2.53. The van der Waals surface area contributed by atoms with Gasteiger partial charge in [-0.2, -0.15) is 0 Å². The fourth-order valence-corrected chi connectivity index (χ4v) is 0.810. The van der Waals surface area contributed by atoms with Crippen LogP contribution < -0.4 is 5.32 Å². The van der Waals surface area contributed by atoms with E-state index in [0.29, 0.717) is 5.41 Å². The van der Waals surface area contributed by atoms with Crippen molar-refractivity contribution in [3.8, 4) is 0 Å². The summed E-state index contributed by atoms with van der Waals surface area (Å²) in [5.41, 5.74) is 0.340. The zero-order valence-corrected chi connectivity index (χ0v) is 8.02. The Bertz CT molecular complexity index is 214. The number of aromatic nitrogens is 2. The van der Waals surface area contributed by atoms with E-state index >= 15 is 0 Å². The van der Waals surface area contributed by atoms with Crippen LogP contribution >= 0.6 is 0 Å². The molecule has 0 fully saturated rings. The van der Waals surface area contributed by atoms with Crippen molar-refractivity contribution in [1.82, 2.24) is 9.97 Å². The van der Waals surface area contributed by atoms with Crippen molar-refractivity contribution in [2.75, 3.05) is 11.9 Å². The van der Waals surface area contributed by atoms with Gasteiger partial charge in [0.05, 0.1) is 0 Å². The summed E-state index contributed by atoms with van der Waals surface area (Å²) in [7, 11) is 0. The highest BCUT2D eigenvalue weighted by atomic mass is 15.1. The average molecular weight is 167 g/mol. The Balaban J connectivity index is 2.36. The van der Waals surface area contributed by atoms with E-state index in [9.17, 15) is 0 Å². The Labute approximate surface area is 73.6 Å². The fourth-order valence-electron chi connectivity index (χ4n) is 0.810. The molecule has 0 bridgehead atoms. The molecule has 1 rings (SSSR count). The quantitative estimate of drug-likeness (QED) is 0.722. The lowest BCUT2D eigenvalue weighted by Crippen LogP contribution is -2.22. The van der Waals surface area contributed by atoms with Crippen LogP contribution in [0.15, 0.2) is 12.4 Å². The maximum atomic E-state index is 4.09. The minimum atomic E-state index is 0.340. The molecule has 0 atom stereocenters. The van der Waals surface area contributed by atoms with Crippen LogP contribution in [-0.2, 0) is 0 Å². The Hall–Kier alpha value is -0.990. The van der Waals surface area contributed by atoms with Crippen LogP contribution in [0.5, 0.6) is 0 Å². The summed E-state index contributed by atoms with van der Waals surface area (Å²) >= 11 is 0. The summed E-state index contributed by atoms with van der Waals surface area (Å²) in [6.45, 7) is 7.63. The molecule has 1 aromatic rings. The molecule has 2 N–H and O–H groups in total. The number of H-pyrrole nitrogens is 1. The number of hydrogen-bond donors (Lipinski definition) is 2. The Morgan fingerprint density at radius 2 is 2.33 bits per heavy atom. The van der Waals surface area contributed by atoms with Crippen LogP contribution in [0, 0.1) is 5.41 Å². The molecule has 0 spiro atoms. The molecule has 0 aliphatic carbocycles. The van der Waals surface area contributed by atoms with E-state index < -0.39 is 0 Å². The lowest BCUT2D eigenvalue weighted by Gasteiger charge is -2.22. The van der Waals surface area contributed by atoms with Crippen molar-refractivity contribution >= 4 is 5.95 Å². The van der Waals surface area contributed by atoms with Gasteiger partial charge in [0, 0.05) is 18.9 Å². The molecule has 0 saturated carbocycles. The first-order valence-electron chi connectivity index (χ1n) is 4.37. The van der Waals surface area contributed by atoms with Crippen LogP contribution in [0.1, 0.15) is 27.2 Å². The molecular formula is C9H17N3. The summed E-state index contributed by atoms with van der Waals surface area (Å²) in [6, 6.07) is 0. The van der Waals surface area contributed by atoms with Crippen LogP contribution in [0.25, 0.3) is 0 Å². The van der Waals surface area contributed by atoms with E-state index in [2.05, 4.69) is 36.1 Å². The van der Waals surface area contributed by atoms with Crippen molar-refractivity contribution in [2.24, 2.45) is 5.41 Å². The standard InChI is InChI=1S/C9H17N3/c1-4-9(2,3)7-12-8-10-5-6-11-8/h5-6H,4,7H2,1-3H3,(H2,10,11,12). The summed E-state index contributed by atoms with van der Waals surface area (Å²) < 4.78 is 0. The monoisotopic (exact) mass is 167 g/mol. The van der Waals surface area contributed by atoms with Crippen LogP contribution in [0.2, 0.25) is 0 Å². The van der Waals surface area contributed by atoms with Gasteiger partial charge in [-0.15, -0.1) is 0 Å². The van der Waals surface area contributed by atoms with Crippen LogP contribution in [0.4, 0.5) is 5.95 Å². The second kappa shape index (κ2) is 3.61. The van der Waals surface area contributed by atoms with Gasteiger partial charge in [0.15, 0.2) is 5.95 Å². The van der Waals surface area contributed by atoms with E-state index in [1.165, 1.54) is 6.42 Å². The number of nitrogens with zero attached hydrogens (tertiary/aromatic N) is 1.